The highest BCUT2D eigenvalue weighted by molar-refractivity contribution is 7.92. The van der Waals surface area contributed by atoms with E-state index in [1.807, 2.05) is 44.2 Å². The average Bonchev–Trinajstić information content (AvgIpc) is 3.10. The number of nitrogen functional groups attached to an aromatic ring is 1. The van der Waals surface area contributed by atoms with Crippen molar-refractivity contribution in [3.8, 4) is 23.0 Å². The smallest absolute Gasteiger partial charge is 0.321 e. The number of hydrogen-bond acceptors (Lipinski definition) is 6. The van der Waals surface area contributed by atoms with Crippen LogP contribution < -0.4 is 15.2 Å². The Morgan fingerprint density at radius 1 is 1.11 bits per heavy atom. The fraction of sp³-hybridized carbons (Fsp3) is 0.333. The molecule has 0 bridgehead atoms. The molecule has 8 nitrogen and oxygen atoms in total. The van der Waals surface area contributed by atoms with E-state index in [1.165, 1.54) is 6.42 Å². The van der Waals surface area contributed by atoms with E-state index in [9.17, 15) is 8.42 Å². The lowest BCUT2D eigenvalue weighted by atomic mass is 9.92. The van der Waals surface area contributed by atoms with Crippen LogP contribution in [0.4, 0.5) is 11.4 Å². The number of nitrogens with one attached hydrogen (secondary N) is 1. The Morgan fingerprint density at radius 2 is 1.89 bits per heavy atom. The first-order chi connectivity index (χ1) is 17.4. The molecule has 36 heavy (non-hydrogen) atoms. The van der Waals surface area contributed by atoms with Crippen molar-refractivity contribution in [2.24, 2.45) is 0 Å². The highest BCUT2D eigenvalue weighted by atomic mass is 32.2. The molecule has 0 spiro atoms. The monoisotopic (exact) mass is 505 g/mol. The highest BCUT2D eigenvalue weighted by Gasteiger charge is 2.27. The molecule has 2 aromatic heterocycles. The Morgan fingerprint density at radius 3 is 2.56 bits per heavy atom. The van der Waals surface area contributed by atoms with Gasteiger partial charge in [-0.15, -0.1) is 0 Å². The van der Waals surface area contributed by atoms with Crippen molar-refractivity contribution in [1.82, 2.24) is 14.5 Å². The van der Waals surface area contributed by atoms with Gasteiger partial charge in [0, 0.05) is 35.5 Å². The van der Waals surface area contributed by atoms with E-state index in [0.717, 1.165) is 40.6 Å². The maximum atomic E-state index is 12.4. The normalized spacial score (nSPS) is 14.1. The summed E-state index contributed by atoms with van der Waals surface area (Å²) in [6, 6.07) is 14.1. The third kappa shape index (κ3) is 4.63. The van der Waals surface area contributed by atoms with Gasteiger partial charge in [-0.1, -0.05) is 19.9 Å². The number of fused-ring (bicyclic) bond motifs is 1. The number of aromatic nitrogens is 3. The van der Waals surface area contributed by atoms with E-state index in [0.29, 0.717) is 42.0 Å². The van der Waals surface area contributed by atoms with Gasteiger partial charge in [0.25, 0.3) is 0 Å². The molecule has 0 saturated heterocycles. The molecule has 1 aliphatic carbocycles. The minimum atomic E-state index is -3.37. The second-order valence-corrected chi connectivity index (χ2v) is 11.0. The lowest BCUT2D eigenvalue weighted by Gasteiger charge is -2.30. The second kappa shape index (κ2) is 9.81. The Hall–Kier alpha value is -3.59. The fourth-order valence-corrected chi connectivity index (χ4v) is 5.94. The van der Waals surface area contributed by atoms with Crippen molar-refractivity contribution in [1.29, 1.82) is 0 Å². The molecular formula is C27H31N5O3S. The molecule has 1 aliphatic rings. The van der Waals surface area contributed by atoms with Gasteiger partial charge in [-0.05, 0) is 68.0 Å². The van der Waals surface area contributed by atoms with Gasteiger partial charge in [0.2, 0.25) is 10.0 Å². The zero-order valence-electron chi connectivity index (χ0n) is 20.6. The first kappa shape index (κ1) is 24.1. The molecule has 0 aliphatic heterocycles. The van der Waals surface area contributed by atoms with E-state index in [1.54, 1.807) is 18.5 Å². The predicted octanol–water partition coefficient (Wildman–Crippen LogP) is 5.91. The summed E-state index contributed by atoms with van der Waals surface area (Å²) in [5, 5.41) is 0.962. The molecule has 2 heterocycles. The van der Waals surface area contributed by atoms with E-state index in [2.05, 4.69) is 25.3 Å². The summed E-state index contributed by atoms with van der Waals surface area (Å²) < 4.78 is 35.8. The molecule has 1 saturated carbocycles. The summed E-state index contributed by atoms with van der Waals surface area (Å²) in [5.41, 5.74) is 12.0. The van der Waals surface area contributed by atoms with Crippen LogP contribution in [0, 0.1) is 0 Å². The van der Waals surface area contributed by atoms with Crippen molar-refractivity contribution in [2.45, 2.75) is 52.0 Å². The quantitative estimate of drug-likeness (QED) is 0.292. The summed E-state index contributed by atoms with van der Waals surface area (Å²) in [7, 11) is -3.37. The minimum Gasteiger partial charge on any atom is -0.424 e. The molecule has 2 aromatic carbocycles. The molecule has 1 fully saturated rings. The van der Waals surface area contributed by atoms with Gasteiger partial charge in [0.05, 0.1) is 28.3 Å². The number of hydrogen-bond donors (Lipinski definition) is 2. The standard InChI is InChI=1S/C27H31N5O3S/c1-3-15-36(33,34)31-23-12-9-19(16-18(23)4-2)26-25(28)22-11-10-21(35-27-29-13-6-14-30-27)17-24(22)32(26)20-7-5-8-20/h6,9-14,16-17,20,31H,3-5,7-8,15,28H2,1-2H3. The largest absolute Gasteiger partial charge is 0.424 e. The number of aryl methyl sites for hydroxylation is 1. The molecule has 188 valence electrons. The summed E-state index contributed by atoms with van der Waals surface area (Å²) in [5.74, 6) is 0.743. The highest BCUT2D eigenvalue weighted by Crippen LogP contribution is 2.45. The van der Waals surface area contributed by atoms with Gasteiger partial charge in [0.15, 0.2) is 0 Å². The minimum absolute atomic E-state index is 0.0964. The van der Waals surface area contributed by atoms with Crippen LogP contribution in [-0.4, -0.2) is 28.7 Å². The van der Waals surface area contributed by atoms with Gasteiger partial charge >= 0.3 is 6.01 Å². The molecule has 0 amide bonds. The van der Waals surface area contributed by atoms with Gasteiger partial charge in [-0.2, -0.15) is 0 Å². The molecule has 9 heteroatoms. The van der Waals surface area contributed by atoms with Crippen LogP contribution in [0.25, 0.3) is 22.2 Å². The van der Waals surface area contributed by atoms with E-state index in [4.69, 9.17) is 10.5 Å². The van der Waals surface area contributed by atoms with Gasteiger partial charge in [-0.3, -0.25) is 4.72 Å². The predicted molar refractivity (Wildman–Crippen MR) is 144 cm³/mol. The maximum Gasteiger partial charge on any atom is 0.321 e. The van der Waals surface area contributed by atoms with Gasteiger partial charge in [-0.25, -0.2) is 18.4 Å². The summed E-state index contributed by atoms with van der Waals surface area (Å²) in [4.78, 5) is 8.32. The Balaban J connectivity index is 1.60. The van der Waals surface area contributed by atoms with Crippen molar-refractivity contribution < 1.29 is 13.2 Å². The molecule has 3 N–H and O–H groups in total. The van der Waals surface area contributed by atoms with Crippen molar-refractivity contribution >= 4 is 32.3 Å². The van der Waals surface area contributed by atoms with Gasteiger partial charge < -0.3 is 15.0 Å². The van der Waals surface area contributed by atoms with Crippen LogP contribution in [0.15, 0.2) is 54.9 Å². The Labute approximate surface area is 211 Å². The van der Waals surface area contributed by atoms with Crippen molar-refractivity contribution in [3.63, 3.8) is 0 Å². The lowest BCUT2D eigenvalue weighted by molar-refractivity contribution is 0.324. The number of anilines is 2. The summed E-state index contributed by atoms with van der Waals surface area (Å²) >= 11 is 0. The molecule has 0 atom stereocenters. The number of sulfonamides is 1. The molecule has 0 radical (unpaired) electrons. The van der Waals surface area contributed by atoms with E-state index < -0.39 is 10.0 Å². The lowest BCUT2D eigenvalue weighted by Crippen LogP contribution is -2.18. The van der Waals surface area contributed by atoms with Crippen LogP contribution in [0.1, 0.15) is 51.1 Å². The molecule has 4 aromatic rings. The first-order valence-corrected chi connectivity index (χ1v) is 14.1. The first-order valence-electron chi connectivity index (χ1n) is 12.4. The van der Waals surface area contributed by atoms with Crippen molar-refractivity contribution in [2.75, 3.05) is 16.2 Å². The zero-order chi connectivity index (χ0) is 25.3. The number of nitrogens with zero attached hydrogens (tertiary/aromatic N) is 3. The average molecular weight is 506 g/mol. The number of nitrogens with two attached hydrogens (primary N) is 1. The third-order valence-electron chi connectivity index (χ3n) is 6.70. The van der Waals surface area contributed by atoms with Crippen LogP contribution >= 0.6 is 0 Å². The van der Waals surface area contributed by atoms with Crippen LogP contribution in [0.2, 0.25) is 0 Å². The van der Waals surface area contributed by atoms with E-state index >= 15 is 0 Å². The van der Waals surface area contributed by atoms with Crippen molar-refractivity contribution in [3.05, 3.63) is 60.4 Å². The zero-order valence-corrected chi connectivity index (χ0v) is 21.4. The number of benzene rings is 2. The van der Waals surface area contributed by atoms with Crippen LogP contribution in [0.5, 0.6) is 11.8 Å². The van der Waals surface area contributed by atoms with Crippen LogP contribution in [0.3, 0.4) is 0 Å². The number of rotatable bonds is 9. The molecule has 5 rings (SSSR count). The second-order valence-electron chi connectivity index (χ2n) is 9.18. The third-order valence-corrected chi connectivity index (χ3v) is 8.18. The molecular weight excluding hydrogens is 474 g/mol. The SMILES string of the molecule is CCCS(=O)(=O)Nc1ccc(-c2c(N)c3ccc(Oc4ncccn4)cc3n2C2CCC2)cc1CC. The fourth-order valence-electron chi connectivity index (χ4n) is 4.76. The van der Waals surface area contributed by atoms with Crippen LogP contribution in [-0.2, 0) is 16.4 Å². The Kier molecular flexibility index (Phi) is 6.57. The summed E-state index contributed by atoms with van der Waals surface area (Å²) in [6.07, 6.45) is 7.88. The Bertz CT molecular complexity index is 1500. The summed E-state index contributed by atoms with van der Waals surface area (Å²) in [6.45, 7) is 3.88. The van der Waals surface area contributed by atoms with Gasteiger partial charge in [0.1, 0.15) is 5.75 Å². The number of ether oxygens (including phenoxy) is 1. The maximum absolute atomic E-state index is 12.4. The topological polar surface area (TPSA) is 112 Å². The molecule has 0 unspecified atom stereocenters. The van der Waals surface area contributed by atoms with E-state index in [-0.39, 0.29) is 5.75 Å².